The number of hydrogen-bond donors (Lipinski definition) is 1. The lowest BCUT2D eigenvalue weighted by atomic mass is 10.1. The van der Waals surface area contributed by atoms with Crippen molar-refractivity contribution in [3.05, 3.63) is 95.0 Å². The molecule has 1 amide bonds. The van der Waals surface area contributed by atoms with Crippen molar-refractivity contribution in [2.45, 2.75) is 26.0 Å². The summed E-state index contributed by atoms with van der Waals surface area (Å²) in [5.41, 5.74) is 0.255. The number of anilines is 1. The average Bonchev–Trinajstić information content (AvgIpc) is 3.37. The standard InChI is InChI=1S/C29H25N5O5/c1-29(2)17-33-28(39-29)25(27(36)34(33)18-7-5-4-6-8-18)26(35)32-24-12-10-20(16-31-24)38-23-13-14-30-22-15-19(37-3)9-11-21(22)23/h4-16H,17H2,1-3H3,(H,31,32,35). The normalized spacial score (nSPS) is 13.5. The molecule has 0 saturated heterocycles. The van der Waals surface area contributed by atoms with Gasteiger partial charge in [-0.2, -0.15) is 0 Å². The summed E-state index contributed by atoms with van der Waals surface area (Å²) < 4.78 is 20.5. The molecule has 1 N–H and O–H groups in total. The second kappa shape index (κ2) is 9.32. The Morgan fingerprint density at radius 2 is 1.82 bits per heavy atom. The van der Waals surface area contributed by atoms with Crippen LogP contribution in [0.1, 0.15) is 24.2 Å². The second-order valence-corrected chi connectivity index (χ2v) is 9.68. The summed E-state index contributed by atoms with van der Waals surface area (Å²) in [7, 11) is 1.60. The zero-order chi connectivity index (χ0) is 27.1. The van der Waals surface area contributed by atoms with Gasteiger partial charge in [0.15, 0.2) is 5.56 Å². The maximum Gasteiger partial charge on any atom is 0.288 e. The number of amides is 1. The largest absolute Gasteiger partial charge is 0.497 e. The van der Waals surface area contributed by atoms with Crippen LogP contribution in [-0.2, 0) is 6.54 Å². The van der Waals surface area contributed by atoms with E-state index >= 15 is 0 Å². The maximum atomic E-state index is 13.4. The molecule has 3 aromatic heterocycles. The molecule has 6 rings (SSSR count). The molecule has 2 aromatic carbocycles. The van der Waals surface area contributed by atoms with Crippen LogP contribution in [0.3, 0.4) is 0 Å². The van der Waals surface area contributed by atoms with E-state index in [-0.39, 0.29) is 17.3 Å². The molecule has 0 bridgehead atoms. The molecule has 196 valence electrons. The topological polar surface area (TPSA) is 110 Å². The predicted octanol–water partition coefficient (Wildman–Crippen LogP) is 4.81. The third-order valence-electron chi connectivity index (χ3n) is 6.34. The summed E-state index contributed by atoms with van der Waals surface area (Å²) in [6.07, 6.45) is 3.15. The third kappa shape index (κ3) is 4.46. The van der Waals surface area contributed by atoms with Crippen molar-refractivity contribution in [2.75, 3.05) is 12.4 Å². The van der Waals surface area contributed by atoms with Crippen LogP contribution in [0.5, 0.6) is 23.1 Å². The highest BCUT2D eigenvalue weighted by molar-refractivity contribution is 6.05. The first kappa shape index (κ1) is 24.2. The van der Waals surface area contributed by atoms with E-state index in [0.29, 0.717) is 29.5 Å². The zero-order valence-electron chi connectivity index (χ0n) is 21.5. The summed E-state index contributed by atoms with van der Waals surface area (Å²) in [6, 6.07) is 19.7. The Morgan fingerprint density at radius 1 is 1.03 bits per heavy atom. The van der Waals surface area contributed by atoms with Gasteiger partial charge in [-0.05, 0) is 56.3 Å². The van der Waals surface area contributed by atoms with Gasteiger partial charge in [0, 0.05) is 17.6 Å². The molecule has 10 heteroatoms. The van der Waals surface area contributed by atoms with Crippen LogP contribution in [0.15, 0.2) is 83.9 Å². The number of nitrogens with zero attached hydrogens (tertiary/aromatic N) is 4. The number of ether oxygens (including phenoxy) is 3. The van der Waals surface area contributed by atoms with Crippen LogP contribution in [0.2, 0.25) is 0 Å². The van der Waals surface area contributed by atoms with Crippen molar-refractivity contribution < 1.29 is 19.0 Å². The Hall–Kier alpha value is -5.12. The van der Waals surface area contributed by atoms with Gasteiger partial charge < -0.3 is 19.5 Å². The Kier molecular flexibility index (Phi) is 5.79. The molecule has 0 unspecified atom stereocenters. The van der Waals surface area contributed by atoms with E-state index in [1.54, 1.807) is 36.2 Å². The van der Waals surface area contributed by atoms with Crippen molar-refractivity contribution in [2.24, 2.45) is 0 Å². The lowest BCUT2D eigenvalue weighted by Crippen LogP contribution is -2.33. The molecule has 1 aliphatic heterocycles. The fourth-order valence-corrected chi connectivity index (χ4v) is 4.59. The minimum atomic E-state index is -0.605. The smallest absolute Gasteiger partial charge is 0.288 e. The summed E-state index contributed by atoms with van der Waals surface area (Å²) in [4.78, 5) is 35.4. The SMILES string of the molecule is COc1ccc2c(Oc3ccc(NC(=O)c4c5n(n(-c6ccccc6)c4=O)CC(C)(C)O5)nc3)ccnc2c1. The van der Waals surface area contributed by atoms with Crippen molar-refractivity contribution in [3.63, 3.8) is 0 Å². The Morgan fingerprint density at radius 3 is 2.56 bits per heavy atom. The van der Waals surface area contributed by atoms with Gasteiger partial charge in [0.1, 0.15) is 28.7 Å². The number of aromatic nitrogens is 4. The minimum absolute atomic E-state index is 0.0785. The highest BCUT2D eigenvalue weighted by atomic mass is 16.5. The molecule has 4 heterocycles. The van der Waals surface area contributed by atoms with Crippen molar-refractivity contribution in [1.29, 1.82) is 0 Å². The molecular weight excluding hydrogens is 498 g/mol. The number of fused-ring (bicyclic) bond motifs is 2. The molecule has 10 nitrogen and oxygen atoms in total. The molecule has 39 heavy (non-hydrogen) atoms. The lowest BCUT2D eigenvalue weighted by Gasteiger charge is -2.17. The number of rotatable bonds is 6. The van der Waals surface area contributed by atoms with Crippen molar-refractivity contribution >= 4 is 22.6 Å². The third-order valence-corrected chi connectivity index (χ3v) is 6.34. The number of nitrogens with one attached hydrogen (secondary N) is 1. The Labute approximate surface area is 223 Å². The monoisotopic (exact) mass is 523 g/mol. The van der Waals surface area contributed by atoms with E-state index in [9.17, 15) is 9.59 Å². The quantitative estimate of drug-likeness (QED) is 0.340. The van der Waals surface area contributed by atoms with Crippen molar-refractivity contribution in [1.82, 2.24) is 19.3 Å². The van der Waals surface area contributed by atoms with Gasteiger partial charge >= 0.3 is 0 Å². The van der Waals surface area contributed by atoms with E-state index < -0.39 is 17.1 Å². The number of carbonyl (C=O) groups is 1. The van der Waals surface area contributed by atoms with Crippen LogP contribution < -0.4 is 25.1 Å². The van der Waals surface area contributed by atoms with E-state index in [4.69, 9.17) is 14.2 Å². The number of para-hydroxylation sites is 1. The van der Waals surface area contributed by atoms with Crippen LogP contribution in [0.4, 0.5) is 5.82 Å². The van der Waals surface area contributed by atoms with Gasteiger partial charge in [-0.3, -0.25) is 14.6 Å². The van der Waals surface area contributed by atoms with Gasteiger partial charge in [0.05, 0.1) is 31.1 Å². The first-order valence-corrected chi connectivity index (χ1v) is 12.3. The Balaban J connectivity index is 1.25. The molecule has 0 fully saturated rings. The van der Waals surface area contributed by atoms with Crippen LogP contribution in [0.25, 0.3) is 16.6 Å². The molecule has 0 radical (unpaired) electrons. The molecule has 0 spiro atoms. The van der Waals surface area contributed by atoms with Gasteiger partial charge in [-0.1, -0.05) is 18.2 Å². The number of methoxy groups -OCH3 is 1. The molecular formula is C29H25N5O5. The van der Waals surface area contributed by atoms with Gasteiger partial charge in [0.25, 0.3) is 11.5 Å². The second-order valence-electron chi connectivity index (χ2n) is 9.68. The summed E-state index contributed by atoms with van der Waals surface area (Å²) in [5.74, 6) is 1.66. The van der Waals surface area contributed by atoms with Gasteiger partial charge in [-0.15, -0.1) is 0 Å². The molecule has 5 aromatic rings. The van der Waals surface area contributed by atoms with E-state index in [1.165, 1.54) is 10.9 Å². The van der Waals surface area contributed by atoms with E-state index in [0.717, 1.165) is 10.9 Å². The predicted molar refractivity (Wildman–Crippen MR) is 145 cm³/mol. The van der Waals surface area contributed by atoms with E-state index in [2.05, 4.69) is 15.3 Å². The Bertz CT molecular complexity index is 1760. The lowest BCUT2D eigenvalue weighted by molar-refractivity contribution is 0.100. The summed E-state index contributed by atoms with van der Waals surface area (Å²) in [6.45, 7) is 4.23. The minimum Gasteiger partial charge on any atom is -0.497 e. The number of hydrogen-bond acceptors (Lipinski definition) is 7. The molecule has 0 saturated carbocycles. The molecule has 0 atom stereocenters. The number of carbonyl (C=O) groups excluding carboxylic acids is 1. The van der Waals surface area contributed by atoms with Crippen LogP contribution in [-0.4, -0.2) is 37.9 Å². The zero-order valence-corrected chi connectivity index (χ0v) is 21.5. The van der Waals surface area contributed by atoms with Gasteiger partial charge in [0.2, 0.25) is 5.88 Å². The first-order valence-electron chi connectivity index (χ1n) is 12.3. The average molecular weight is 524 g/mol. The van der Waals surface area contributed by atoms with E-state index in [1.807, 2.05) is 62.4 Å². The number of benzene rings is 2. The number of pyridine rings is 2. The van der Waals surface area contributed by atoms with Gasteiger partial charge in [-0.25, -0.2) is 14.3 Å². The summed E-state index contributed by atoms with van der Waals surface area (Å²) >= 11 is 0. The molecule has 1 aliphatic rings. The summed E-state index contributed by atoms with van der Waals surface area (Å²) in [5, 5.41) is 3.53. The maximum absolute atomic E-state index is 13.4. The fraction of sp³-hybridized carbons (Fsp3) is 0.172. The van der Waals surface area contributed by atoms with Crippen molar-refractivity contribution in [3.8, 4) is 28.8 Å². The molecule has 0 aliphatic carbocycles. The first-order chi connectivity index (χ1) is 18.8. The fourth-order valence-electron chi connectivity index (χ4n) is 4.59. The highest BCUT2D eigenvalue weighted by Crippen LogP contribution is 2.33. The highest BCUT2D eigenvalue weighted by Gasteiger charge is 2.39. The van der Waals surface area contributed by atoms with Crippen LogP contribution in [0, 0.1) is 0 Å². The van der Waals surface area contributed by atoms with Crippen LogP contribution >= 0.6 is 0 Å².